The Labute approximate surface area is 190 Å². The maximum atomic E-state index is 14.5. The smallest absolute Gasteiger partial charge is 0.143 e. The third-order valence-corrected chi connectivity index (χ3v) is 7.32. The number of nitrogens with zero attached hydrogens (tertiary/aromatic N) is 6. The molecule has 2 atom stereocenters. The van der Waals surface area contributed by atoms with E-state index in [0.29, 0.717) is 11.6 Å². The van der Waals surface area contributed by atoms with Crippen molar-refractivity contribution < 1.29 is 8.78 Å². The first-order chi connectivity index (χ1) is 15.8. The van der Waals surface area contributed by atoms with Gasteiger partial charge in [-0.3, -0.25) is 4.57 Å². The van der Waals surface area contributed by atoms with E-state index in [-0.39, 0.29) is 22.6 Å². The number of halogens is 2. The molecule has 33 heavy (non-hydrogen) atoms. The van der Waals surface area contributed by atoms with Gasteiger partial charge in [0.2, 0.25) is 0 Å². The van der Waals surface area contributed by atoms with Gasteiger partial charge in [-0.25, -0.2) is 23.7 Å². The van der Waals surface area contributed by atoms with Crippen LogP contribution in [-0.2, 0) is 5.41 Å². The van der Waals surface area contributed by atoms with E-state index >= 15 is 0 Å². The van der Waals surface area contributed by atoms with Crippen molar-refractivity contribution in [2.24, 2.45) is 5.41 Å². The van der Waals surface area contributed by atoms with Gasteiger partial charge < -0.3 is 0 Å². The Bertz CT molecular complexity index is 1310. The fraction of sp³-hybridized carbons (Fsp3) is 0.320. The molecule has 1 aliphatic carbocycles. The second-order valence-electron chi connectivity index (χ2n) is 9.15. The highest BCUT2D eigenvalue weighted by Crippen LogP contribution is 2.61. The fourth-order valence-electron chi connectivity index (χ4n) is 5.22. The number of rotatable bonds is 4. The number of hydrogen-bond acceptors (Lipinski definition) is 5. The van der Waals surface area contributed by atoms with Crippen molar-refractivity contribution in [2.75, 3.05) is 0 Å². The van der Waals surface area contributed by atoms with Gasteiger partial charge in [-0.1, -0.05) is 26.8 Å². The van der Waals surface area contributed by atoms with Crippen molar-refractivity contribution >= 4 is 0 Å². The molecule has 0 radical (unpaired) electrons. The lowest BCUT2D eigenvalue weighted by Crippen LogP contribution is -2.40. The van der Waals surface area contributed by atoms with E-state index in [4.69, 9.17) is 4.98 Å². The molecule has 8 heteroatoms. The molecule has 0 N–H and O–H groups in total. The standard InChI is InChI=1S/C25H24F2N6/c1-5-16-15-13-19(21-17(26)7-6-8-18(21)27)31-32-22(15)25(4,24(16,2)3)23-29-10-9-20(30-23)33-12-11-28-14-33/h6-14,16H,5H2,1-4H3/t16?,25-/m1/s1. The third-order valence-electron chi connectivity index (χ3n) is 7.32. The predicted octanol–water partition coefficient (Wildman–Crippen LogP) is 5.24. The van der Waals surface area contributed by atoms with Crippen LogP contribution in [0.5, 0.6) is 0 Å². The van der Waals surface area contributed by atoms with Crippen LogP contribution in [0.4, 0.5) is 8.78 Å². The Morgan fingerprint density at radius 3 is 2.45 bits per heavy atom. The maximum Gasteiger partial charge on any atom is 0.143 e. The average molecular weight is 447 g/mol. The van der Waals surface area contributed by atoms with E-state index in [1.807, 2.05) is 16.8 Å². The van der Waals surface area contributed by atoms with E-state index < -0.39 is 17.0 Å². The fourth-order valence-corrected chi connectivity index (χ4v) is 5.22. The monoisotopic (exact) mass is 446 g/mol. The van der Waals surface area contributed by atoms with Crippen LogP contribution in [0, 0.1) is 17.0 Å². The Morgan fingerprint density at radius 2 is 1.79 bits per heavy atom. The van der Waals surface area contributed by atoms with Crippen LogP contribution in [0.1, 0.15) is 57.1 Å². The van der Waals surface area contributed by atoms with E-state index in [9.17, 15) is 8.78 Å². The molecule has 0 bridgehead atoms. The van der Waals surface area contributed by atoms with Crippen molar-refractivity contribution in [2.45, 2.75) is 45.4 Å². The number of imidazole rings is 1. The highest BCUT2D eigenvalue weighted by molar-refractivity contribution is 5.63. The minimum atomic E-state index is -0.668. The van der Waals surface area contributed by atoms with E-state index in [1.54, 1.807) is 24.8 Å². The van der Waals surface area contributed by atoms with Crippen molar-refractivity contribution in [1.82, 2.24) is 29.7 Å². The number of fused-ring (bicyclic) bond motifs is 1. The molecule has 0 aliphatic heterocycles. The van der Waals surface area contributed by atoms with Crippen LogP contribution in [0.25, 0.3) is 17.1 Å². The normalized spacial score (nSPS) is 21.2. The molecule has 3 heterocycles. The number of aromatic nitrogens is 6. The summed E-state index contributed by atoms with van der Waals surface area (Å²) in [5.74, 6) is 0.0773. The Hall–Kier alpha value is -3.55. The van der Waals surface area contributed by atoms with E-state index in [2.05, 4.69) is 47.9 Å². The zero-order valence-electron chi connectivity index (χ0n) is 18.9. The summed E-state index contributed by atoms with van der Waals surface area (Å²) >= 11 is 0. The molecular formula is C25H24F2N6. The predicted molar refractivity (Wildman–Crippen MR) is 120 cm³/mol. The topological polar surface area (TPSA) is 69.4 Å². The third kappa shape index (κ3) is 3.00. The zero-order chi connectivity index (χ0) is 23.4. The van der Waals surface area contributed by atoms with Crippen molar-refractivity contribution in [3.05, 3.63) is 84.0 Å². The van der Waals surface area contributed by atoms with Crippen molar-refractivity contribution in [3.8, 4) is 17.1 Å². The molecule has 1 unspecified atom stereocenters. The first-order valence-electron chi connectivity index (χ1n) is 10.9. The minimum Gasteiger partial charge on any atom is -0.290 e. The summed E-state index contributed by atoms with van der Waals surface area (Å²) in [5, 5.41) is 8.82. The van der Waals surface area contributed by atoms with Gasteiger partial charge in [0.25, 0.3) is 0 Å². The Morgan fingerprint density at radius 1 is 1.03 bits per heavy atom. The minimum absolute atomic E-state index is 0.0714. The van der Waals surface area contributed by atoms with Crippen LogP contribution >= 0.6 is 0 Å². The largest absolute Gasteiger partial charge is 0.290 e. The molecule has 0 saturated carbocycles. The molecule has 1 aliphatic rings. The van der Waals surface area contributed by atoms with Crippen LogP contribution in [0.15, 0.2) is 55.2 Å². The Kier molecular flexibility index (Phi) is 4.84. The van der Waals surface area contributed by atoms with E-state index in [1.165, 1.54) is 18.2 Å². The van der Waals surface area contributed by atoms with Crippen LogP contribution < -0.4 is 0 Å². The summed E-state index contributed by atoms with van der Waals surface area (Å²) < 4.78 is 30.8. The second kappa shape index (κ2) is 7.50. The van der Waals surface area contributed by atoms with Crippen molar-refractivity contribution in [1.29, 1.82) is 0 Å². The first-order valence-corrected chi connectivity index (χ1v) is 10.9. The molecule has 168 valence electrons. The summed E-state index contributed by atoms with van der Waals surface area (Å²) in [5.41, 5.74) is 0.692. The van der Waals surface area contributed by atoms with Gasteiger partial charge in [-0.2, -0.15) is 5.10 Å². The molecule has 6 nitrogen and oxygen atoms in total. The molecule has 1 aromatic carbocycles. The van der Waals surface area contributed by atoms with Crippen LogP contribution in [-0.4, -0.2) is 29.7 Å². The van der Waals surface area contributed by atoms with Gasteiger partial charge in [0, 0.05) is 18.6 Å². The van der Waals surface area contributed by atoms with Gasteiger partial charge in [0.05, 0.1) is 22.4 Å². The van der Waals surface area contributed by atoms with Gasteiger partial charge >= 0.3 is 0 Å². The summed E-state index contributed by atoms with van der Waals surface area (Å²) in [6.45, 7) is 8.51. The summed E-state index contributed by atoms with van der Waals surface area (Å²) in [7, 11) is 0. The second-order valence-corrected chi connectivity index (χ2v) is 9.15. The summed E-state index contributed by atoms with van der Waals surface area (Å²) in [4.78, 5) is 13.6. The van der Waals surface area contributed by atoms with Gasteiger partial charge in [-0.05, 0) is 54.5 Å². The molecule has 5 rings (SSSR count). The molecule has 0 spiro atoms. The molecular weight excluding hydrogens is 422 g/mol. The number of hydrogen-bond donors (Lipinski definition) is 0. The quantitative estimate of drug-likeness (QED) is 0.429. The lowest BCUT2D eigenvalue weighted by molar-refractivity contribution is 0.184. The van der Waals surface area contributed by atoms with Crippen LogP contribution in [0.2, 0.25) is 0 Å². The molecule has 0 saturated heterocycles. The summed E-state index contributed by atoms with van der Waals surface area (Å²) in [6.07, 6.45) is 7.76. The highest BCUT2D eigenvalue weighted by Gasteiger charge is 2.58. The SMILES string of the molecule is CCC1c2cc(-c3c(F)cccc3F)nnc2[C@](C)(c2nccc(-n3ccnc3)n2)C1(C)C. The van der Waals surface area contributed by atoms with Gasteiger partial charge in [0.15, 0.2) is 0 Å². The van der Waals surface area contributed by atoms with Gasteiger partial charge in [-0.15, -0.1) is 5.10 Å². The average Bonchev–Trinajstić information content (AvgIpc) is 3.39. The lowest BCUT2D eigenvalue weighted by Gasteiger charge is -2.40. The zero-order valence-corrected chi connectivity index (χ0v) is 18.9. The van der Waals surface area contributed by atoms with Gasteiger partial charge in [0.1, 0.15) is 29.6 Å². The molecule has 0 fully saturated rings. The van der Waals surface area contributed by atoms with Crippen LogP contribution in [0.3, 0.4) is 0 Å². The highest BCUT2D eigenvalue weighted by atomic mass is 19.1. The maximum absolute atomic E-state index is 14.5. The number of benzene rings is 1. The molecule has 4 aromatic rings. The molecule has 0 amide bonds. The Balaban J connectivity index is 1.71. The van der Waals surface area contributed by atoms with E-state index in [0.717, 1.165) is 17.7 Å². The lowest BCUT2D eigenvalue weighted by atomic mass is 9.63. The summed E-state index contributed by atoms with van der Waals surface area (Å²) in [6, 6.07) is 7.41. The first kappa shape index (κ1) is 21.3. The van der Waals surface area contributed by atoms with Crippen molar-refractivity contribution in [3.63, 3.8) is 0 Å². The molecule has 3 aromatic heterocycles.